The van der Waals surface area contributed by atoms with Crippen LogP contribution in [0, 0.1) is 0 Å². The number of carbonyl (C=O) groups is 3. The smallest absolute Gasteiger partial charge is 0.475 e. The number of carbonyl (C=O) groups excluding carboxylic acids is 1. The number of ether oxygens (including phenoxy) is 1. The molecule has 1 aliphatic rings. The number of aliphatic hydroxyl groups excluding tert-OH is 2. The van der Waals surface area contributed by atoms with Crippen LogP contribution in [0.15, 0.2) is 35.6 Å². The van der Waals surface area contributed by atoms with Crippen molar-refractivity contribution < 1.29 is 65.9 Å². The molecule has 0 radical (unpaired) electrons. The van der Waals surface area contributed by atoms with Gasteiger partial charge < -0.3 is 41.2 Å². The maximum atomic E-state index is 12.5. The first-order valence-electron chi connectivity index (χ1n) is 10.9. The van der Waals surface area contributed by atoms with Crippen LogP contribution in [0.2, 0.25) is 0 Å². The molecule has 16 nitrogen and oxygen atoms in total. The number of anilines is 1. The van der Waals surface area contributed by atoms with Crippen LogP contribution < -0.4 is 16.7 Å². The fourth-order valence-electron chi connectivity index (χ4n) is 3.07. The lowest BCUT2D eigenvalue weighted by Gasteiger charge is -2.17. The number of imidazole rings is 1. The zero-order valence-corrected chi connectivity index (χ0v) is 20.4. The van der Waals surface area contributed by atoms with Gasteiger partial charge in [-0.1, -0.05) is 0 Å². The lowest BCUT2D eigenvalue weighted by Crippen LogP contribution is -2.40. The summed E-state index contributed by atoms with van der Waals surface area (Å²) in [6.45, 7) is -0.0946. The predicted molar refractivity (Wildman–Crippen MR) is 122 cm³/mol. The maximum Gasteiger partial charge on any atom is 0.490 e. The molecule has 0 spiro atoms. The van der Waals surface area contributed by atoms with E-state index in [1.165, 1.54) is 30.9 Å². The largest absolute Gasteiger partial charge is 0.490 e. The number of carboxylic acids is 2. The highest BCUT2D eigenvalue weighted by Gasteiger charge is 2.44. The monoisotopic (exact) mass is 615 g/mol. The summed E-state index contributed by atoms with van der Waals surface area (Å²) >= 11 is 0. The molecule has 22 heteroatoms. The number of alkyl halides is 6. The number of aromatic amines is 1. The Bertz CT molecular complexity index is 1450. The molecule has 3 aromatic rings. The molecule has 42 heavy (non-hydrogen) atoms. The average molecular weight is 615 g/mol. The van der Waals surface area contributed by atoms with E-state index in [0.29, 0.717) is 16.7 Å². The van der Waals surface area contributed by atoms with Crippen LogP contribution in [0.5, 0.6) is 0 Å². The Hall–Kier alpha value is -4.83. The van der Waals surface area contributed by atoms with Crippen LogP contribution in [0.1, 0.15) is 16.6 Å². The number of pyridine rings is 1. The average Bonchev–Trinajstić information content (AvgIpc) is 3.47. The Kier molecular flexibility index (Phi) is 10.5. The summed E-state index contributed by atoms with van der Waals surface area (Å²) in [6.07, 6.45) is -10.8. The first kappa shape index (κ1) is 33.4. The number of nitrogens with two attached hydrogens (primary N) is 1. The van der Waals surface area contributed by atoms with Gasteiger partial charge in [-0.25, -0.2) is 24.4 Å². The van der Waals surface area contributed by atoms with E-state index in [1.54, 1.807) is 0 Å². The Balaban J connectivity index is 0.000000367. The minimum atomic E-state index is -5.08. The minimum absolute atomic E-state index is 0.0283. The Morgan fingerprint density at radius 3 is 2.12 bits per heavy atom. The number of hydrogen-bond donors (Lipinski definition) is 7. The Morgan fingerprint density at radius 2 is 1.60 bits per heavy atom. The second-order valence-corrected chi connectivity index (χ2v) is 7.86. The van der Waals surface area contributed by atoms with E-state index >= 15 is 0 Å². The lowest BCUT2D eigenvalue weighted by molar-refractivity contribution is -0.193. The number of rotatable bonds is 4. The number of aliphatic hydroxyl groups is 2. The maximum absolute atomic E-state index is 12.5. The third kappa shape index (κ3) is 8.58. The highest BCUT2D eigenvalue weighted by atomic mass is 19.4. The molecular weight excluding hydrogens is 596 g/mol. The van der Waals surface area contributed by atoms with Crippen LogP contribution in [-0.2, 0) is 14.3 Å². The molecule has 0 bridgehead atoms. The molecule has 1 aliphatic heterocycles. The Morgan fingerprint density at radius 1 is 1.02 bits per heavy atom. The SMILES string of the molecule is Nc1ccn([C@@H]2O[C@H](CNC(=O)c3ccnc4nc[nH]c34)[C@@H](O)[C@H]2O)c(=O)n1.O=C(O)C(F)(F)F.O=C(O)C(F)(F)F. The van der Waals surface area contributed by atoms with Crippen molar-refractivity contribution in [3.05, 3.63) is 46.9 Å². The van der Waals surface area contributed by atoms with Gasteiger partial charge in [0.15, 0.2) is 11.9 Å². The second kappa shape index (κ2) is 13.2. The first-order valence-corrected chi connectivity index (χ1v) is 10.9. The van der Waals surface area contributed by atoms with E-state index in [1.807, 2.05) is 0 Å². The summed E-state index contributed by atoms with van der Waals surface area (Å²) < 4.78 is 70.1. The van der Waals surface area contributed by atoms with Crippen LogP contribution in [0.4, 0.5) is 32.2 Å². The van der Waals surface area contributed by atoms with Gasteiger partial charge in [-0.05, 0) is 12.1 Å². The van der Waals surface area contributed by atoms with Crippen molar-refractivity contribution in [1.82, 2.24) is 29.8 Å². The number of amides is 1. The fraction of sp³-hybridized carbons (Fsp3) is 0.350. The normalized spacial score (nSPS) is 20.1. The number of fused-ring (bicyclic) bond motifs is 1. The fourth-order valence-corrected chi connectivity index (χ4v) is 3.07. The lowest BCUT2D eigenvalue weighted by atomic mass is 10.1. The molecule has 0 aliphatic carbocycles. The molecule has 1 amide bonds. The summed E-state index contributed by atoms with van der Waals surface area (Å²) in [5.74, 6) is -5.92. The third-order valence-electron chi connectivity index (χ3n) is 4.98. The number of aliphatic carboxylic acids is 2. The number of nitrogens with one attached hydrogen (secondary N) is 2. The molecular formula is C20H19F6N7O9. The van der Waals surface area contributed by atoms with Gasteiger partial charge in [0.25, 0.3) is 5.91 Å². The van der Waals surface area contributed by atoms with Crippen LogP contribution in [0.3, 0.4) is 0 Å². The molecule has 0 aromatic carbocycles. The number of aromatic nitrogens is 5. The quantitative estimate of drug-likeness (QED) is 0.181. The van der Waals surface area contributed by atoms with E-state index in [2.05, 4.69) is 25.3 Å². The summed E-state index contributed by atoms with van der Waals surface area (Å²) in [5.41, 5.74) is 5.93. The Labute approximate surface area is 227 Å². The van der Waals surface area contributed by atoms with Gasteiger partial charge in [0.05, 0.1) is 17.4 Å². The van der Waals surface area contributed by atoms with E-state index in [4.69, 9.17) is 30.3 Å². The molecule has 4 heterocycles. The first-order chi connectivity index (χ1) is 19.3. The van der Waals surface area contributed by atoms with Gasteiger partial charge in [-0.2, -0.15) is 31.3 Å². The summed E-state index contributed by atoms with van der Waals surface area (Å²) in [5, 5.41) is 37.4. The molecule has 8 N–H and O–H groups in total. The van der Waals surface area contributed by atoms with Crippen molar-refractivity contribution in [2.75, 3.05) is 12.3 Å². The molecule has 0 saturated carbocycles. The number of halogens is 6. The van der Waals surface area contributed by atoms with Crippen LogP contribution >= 0.6 is 0 Å². The van der Waals surface area contributed by atoms with Gasteiger partial charge in [0.1, 0.15) is 24.1 Å². The van der Waals surface area contributed by atoms with Gasteiger partial charge in [0.2, 0.25) is 0 Å². The second-order valence-electron chi connectivity index (χ2n) is 7.86. The topological polar surface area (TPSA) is 256 Å². The minimum Gasteiger partial charge on any atom is -0.475 e. The van der Waals surface area contributed by atoms with Crippen molar-refractivity contribution in [3.8, 4) is 0 Å². The molecule has 3 aromatic heterocycles. The van der Waals surface area contributed by atoms with Crippen molar-refractivity contribution in [1.29, 1.82) is 0 Å². The number of nitrogen functional groups attached to an aromatic ring is 1. The van der Waals surface area contributed by atoms with Crippen molar-refractivity contribution in [2.45, 2.75) is 36.9 Å². The van der Waals surface area contributed by atoms with E-state index in [0.717, 1.165) is 4.57 Å². The van der Waals surface area contributed by atoms with Gasteiger partial charge in [-0.3, -0.25) is 9.36 Å². The third-order valence-corrected chi connectivity index (χ3v) is 4.98. The number of carboxylic acid groups (broad SMARTS) is 2. The molecule has 4 atom stereocenters. The molecule has 4 rings (SSSR count). The van der Waals surface area contributed by atoms with Crippen molar-refractivity contribution in [3.63, 3.8) is 0 Å². The van der Waals surface area contributed by atoms with E-state index in [-0.39, 0.29) is 12.4 Å². The number of nitrogens with zero attached hydrogens (tertiary/aromatic N) is 4. The zero-order chi connectivity index (χ0) is 32.0. The summed E-state index contributed by atoms with van der Waals surface area (Å²) in [4.78, 5) is 56.7. The molecule has 1 saturated heterocycles. The van der Waals surface area contributed by atoms with Gasteiger partial charge >= 0.3 is 30.0 Å². The molecule has 0 unspecified atom stereocenters. The molecule has 230 valence electrons. The number of hydrogen-bond acceptors (Lipinski definition) is 11. The highest BCUT2D eigenvalue weighted by molar-refractivity contribution is 6.03. The summed E-state index contributed by atoms with van der Waals surface area (Å²) in [6, 6.07) is 2.90. The number of H-pyrrole nitrogens is 1. The summed E-state index contributed by atoms with van der Waals surface area (Å²) in [7, 11) is 0. The van der Waals surface area contributed by atoms with Gasteiger partial charge in [0, 0.05) is 18.9 Å². The van der Waals surface area contributed by atoms with Gasteiger partial charge in [-0.15, -0.1) is 0 Å². The molecule has 1 fully saturated rings. The zero-order valence-electron chi connectivity index (χ0n) is 20.4. The highest BCUT2D eigenvalue weighted by Crippen LogP contribution is 2.28. The predicted octanol–water partition coefficient (Wildman–Crippen LogP) is -0.587. The van der Waals surface area contributed by atoms with E-state index in [9.17, 15) is 46.1 Å². The van der Waals surface area contributed by atoms with Crippen LogP contribution in [0.25, 0.3) is 11.2 Å². The van der Waals surface area contributed by atoms with Crippen LogP contribution in [-0.4, -0.2) is 100.0 Å². The van der Waals surface area contributed by atoms with E-state index < -0.39 is 60.4 Å². The standard InChI is InChI=1S/C16H17N7O5.2C2HF3O2/c17-9-2-4-23(16(27)22-9)15-12(25)11(24)8(28-15)5-19-14(26)7-1-3-18-13-10(7)20-6-21-13;2*3-2(4,5)1(6)7/h1-4,6,8,11-12,15,24-25H,5H2,(H,19,26)(H2,17,22,27)(H,18,20,21);2*(H,6,7)/t8-,11-,12-,15-;;/m1../s1. The van der Waals surface area contributed by atoms with Crippen molar-refractivity contribution in [2.24, 2.45) is 0 Å². The van der Waals surface area contributed by atoms with Crippen molar-refractivity contribution >= 4 is 34.8 Å².